The summed E-state index contributed by atoms with van der Waals surface area (Å²) in [6, 6.07) is 0.498. The zero-order valence-electron chi connectivity index (χ0n) is 9.88. The number of guanidine groups is 1. The average molecular weight is 197 g/mol. The van der Waals surface area contributed by atoms with Gasteiger partial charge in [0.05, 0.1) is 12.1 Å². The van der Waals surface area contributed by atoms with Gasteiger partial charge in [0.1, 0.15) is 0 Å². The summed E-state index contributed by atoms with van der Waals surface area (Å²) in [4.78, 5) is 6.68. The number of nitrogens with zero attached hydrogens (tertiary/aromatic N) is 2. The highest BCUT2D eigenvalue weighted by molar-refractivity contribution is 5.81. The molecule has 0 bridgehead atoms. The van der Waals surface area contributed by atoms with Crippen LogP contribution in [0.15, 0.2) is 4.99 Å². The monoisotopic (exact) mass is 197 g/mol. The summed E-state index contributed by atoms with van der Waals surface area (Å²) in [6.07, 6.45) is 3.48. The molecule has 0 spiro atoms. The number of hydrogen-bond acceptors (Lipinski definition) is 3. The summed E-state index contributed by atoms with van der Waals surface area (Å²) in [5.74, 6) is 0.732. The molecule has 1 rings (SSSR count). The van der Waals surface area contributed by atoms with Gasteiger partial charge in [-0.3, -0.25) is 4.99 Å². The summed E-state index contributed by atoms with van der Waals surface area (Å²) in [7, 11) is 0. The number of rotatable bonds is 4. The maximum atomic E-state index is 5.94. The van der Waals surface area contributed by atoms with Crippen LogP contribution in [-0.2, 0) is 0 Å². The Hall–Kier alpha value is -0.730. The minimum Gasteiger partial charge on any atom is -0.370 e. The number of aliphatic imine (C=N–C) groups is 1. The van der Waals surface area contributed by atoms with Gasteiger partial charge in [0.25, 0.3) is 0 Å². The van der Waals surface area contributed by atoms with E-state index in [0.29, 0.717) is 6.04 Å². The Kier molecular flexibility index (Phi) is 3.40. The van der Waals surface area contributed by atoms with Gasteiger partial charge in [-0.1, -0.05) is 20.3 Å². The van der Waals surface area contributed by atoms with Gasteiger partial charge in [0.15, 0.2) is 5.96 Å². The van der Waals surface area contributed by atoms with Crippen LogP contribution < -0.4 is 5.73 Å². The van der Waals surface area contributed by atoms with Crippen molar-refractivity contribution in [2.75, 3.05) is 6.54 Å². The zero-order valence-corrected chi connectivity index (χ0v) is 9.88. The molecule has 1 heterocycles. The Morgan fingerprint density at radius 3 is 2.71 bits per heavy atom. The van der Waals surface area contributed by atoms with Crippen LogP contribution in [0.3, 0.4) is 0 Å². The topological polar surface area (TPSA) is 41.6 Å². The minimum absolute atomic E-state index is 0.161. The van der Waals surface area contributed by atoms with Crippen molar-refractivity contribution < 1.29 is 0 Å². The maximum absolute atomic E-state index is 5.94. The molecule has 0 aromatic rings. The van der Waals surface area contributed by atoms with E-state index in [2.05, 4.69) is 37.6 Å². The summed E-state index contributed by atoms with van der Waals surface area (Å²) in [6.45, 7) is 9.77. The van der Waals surface area contributed by atoms with Gasteiger partial charge in [-0.05, 0) is 26.7 Å². The third-order valence-electron chi connectivity index (χ3n) is 3.23. The van der Waals surface area contributed by atoms with E-state index in [4.69, 9.17) is 5.73 Å². The molecule has 82 valence electrons. The zero-order chi connectivity index (χ0) is 10.8. The van der Waals surface area contributed by atoms with Gasteiger partial charge in [-0.25, -0.2) is 0 Å². The molecule has 1 aliphatic heterocycles. The van der Waals surface area contributed by atoms with Gasteiger partial charge >= 0.3 is 0 Å². The number of hydrogen-bond donors (Lipinski definition) is 1. The fraction of sp³-hybridized carbons (Fsp3) is 0.909. The second-order valence-corrected chi connectivity index (χ2v) is 4.55. The highest BCUT2D eigenvalue weighted by Crippen LogP contribution is 2.29. The summed E-state index contributed by atoms with van der Waals surface area (Å²) >= 11 is 0. The average Bonchev–Trinajstić information content (AvgIpc) is 2.42. The summed E-state index contributed by atoms with van der Waals surface area (Å²) in [5.41, 5.74) is 6.10. The normalized spacial score (nSPS) is 29.1. The molecule has 2 unspecified atom stereocenters. The van der Waals surface area contributed by atoms with Gasteiger partial charge in [-0.15, -0.1) is 0 Å². The van der Waals surface area contributed by atoms with Crippen LogP contribution in [-0.4, -0.2) is 29.0 Å². The molecule has 0 amide bonds. The highest BCUT2D eigenvalue weighted by atomic mass is 15.4. The lowest BCUT2D eigenvalue weighted by atomic mass is 9.93. The van der Waals surface area contributed by atoms with E-state index in [1.54, 1.807) is 0 Å². The van der Waals surface area contributed by atoms with Gasteiger partial charge in [-0.2, -0.15) is 0 Å². The molecule has 2 atom stereocenters. The second kappa shape index (κ2) is 4.20. The SMILES string of the molecule is CCCC1(C)CN=C(N)N1C(C)CC. The third kappa shape index (κ3) is 1.86. The van der Waals surface area contributed by atoms with Crippen molar-refractivity contribution in [3.63, 3.8) is 0 Å². The molecule has 0 aromatic heterocycles. The van der Waals surface area contributed by atoms with Crippen LogP contribution in [0.1, 0.15) is 47.0 Å². The first-order chi connectivity index (χ1) is 6.55. The Balaban J connectivity index is 2.80. The van der Waals surface area contributed by atoms with E-state index in [9.17, 15) is 0 Å². The minimum atomic E-state index is 0.161. The largest absolute Gasteiger partial charge is 0.370 e. The smallest absolute Gasteiger partial charge is 0.192 e. The molecule has 0 fully saturated rings. The number of nitrogens with two attached hydrogens (primary N) is 1. The van der Waals surface area contributed by atoms with Crippen LogP contribution in [0.4, 0.5) is 0 Å². The van der Waals surface area contributed by atoms with E-state index in [-0.39, 0.29) is 5.54 Å². The van der Waals surface area contributed by atoms with Gasteiger partial charge < -0.3 is 10.6 Å². The Morgan fingerprint density at radius 2 is 2.21 bits per heavy atom. The van der Waals surface area contributed by atoms with Crippen molar-refractivity contribution in [2.45, 2.75) is 58.5 Å². The molecule has 3 heteroatoms. The Bertz CT molecular complexity index is 225. The van der Waals surface area contributed by atoms with E-state index >= 15 is 0 Å². The van der Waals surface area contributed by atoms with E-state index < -0.39 is 0 Å². The third-order valence-corrected chi connectivity index (χ3v) is 3.23. The lowest BCUT2D eigenvalue weighted by Crippen LogP contribution is -2.53. The first kappa shape index (κ1) is 11.3. The van der Waals surface area contributed by atoms with Gasteiger partial charge in [0, 0.05) is 6.04 Å². The van der Waals surface area contributed by atoms with Crippen molar-refractivity contribution in [2.24, 2.45) is 10.7 Å². The fourth-order valence-corrected chi connectivity index (χ4v) is 2.36. The predicted molar refractivity (Wildman–Crippen MR) is 61.4 cm³/mol. The molecule has 0 aromatic carbocycles. The molecular formula is C11H23N3. The first-order valence-electron chi connectivity index (χ1n) is 5.64. The Labute approximate surface area is 87.4 Å². The maximum Gasteiger partial charge on any atom is 0.192 e. The molecule has 0 saturated carbocycles. The van der Waals surface area contributed by atoms with Crippen molar-refractivity contribution in [3.05, 3.63) is 0 Å². The van der Waals surface area contributed by atoms with Crippen molar-refractivity contribution in [1.82, 2.24) is 4.90 Å². The predicted octanol–water partition coefficient (Wildman–Crippen LogP) is 1.97. The van der Waals surface area contributed by atoms with E-state index in [1.807, 2.05) is 0 Å². The molecule has 0 aliphatic carbocycles. The van der Waals surface area contributed by atoms with Crippen molar-refractivity contribution in [3.8, 4) is 0 Å². The molecular weight excluding hydrogens is 174 g/mol. The van der Waals surface area contributed by atoms with Crippen LogP contribution in [0.2, 0.25) is 0 Å². The van der Waals surface area contributed by atoms with E-state index in [0.717, 1.165) is 18.9 Å². The van der Waals surface area contributed by atoms with Gasteiger partial charge in [0.2, 0.25) is 0 Å². The molecule has 3 nitrogen and oxygen atoms in total. The summed E-state index contributed by atoms with van der Waals surface area (Å²) in [5, 5.41) is 0. The molecule has 0 radical (unpaired) electrons. The molecule has 0 saturated heterocycles. The van der Waals surface area contributed by atoms with Crippen molar-refractivity contribution >= 4 is 5.96 Å². The highest BCUT2D eigenvalue weighted by Gasteiger charge is 2.39. The first-order valence-corrected chi connectivity index (χ1v) is 5.64. The Morgan fingerprint density at radius 1 is 1.57 bits per heavy atom. The molecule has 2 N–H and O–H groups in total. The second-order valence-electron chi connectivity index (χ2n) is 4.55. The molecule has 14 heavy (non-hydrogen) atoms. The fourth-order valence-electron chi connectivity index (χ4n) is 2.36. The van der Waals surface area contributed by atoms with Crippen LogP contribution in [0, 0.1) is 0 Å². The lowest BCUT2D eigenvalue weighted by Gasteiger charge is -2.40. The van der Waals surface area contributed by atoms with Crippen LogP contribution in [0.5, 0.6) is 0 Å². The van der Waals surface area contributed by atoms with Crippen LogP contribution >= 0.6 is 0 Å². The quantitative estimate of drug-likeness (QED) is 0.748. The molecule has 1 aliphatic rings. The van der Waals surface area contributed by atoms with Crippen LogP contribution in [0.25, 0.3) is 0 Å². The van der Waals surface area contributed by atoms with Crippen molar-refractivity contribution in [1.29, 1.82) is 0 Å². The lowest BCUT2D eigenvalue weighted by molar-refractivity contribution is 0.159. The van der Waals surface area contributed by atoms with E-state index in [1.165, 1.54) is 12.8 Å². The standard InChI is InChI=1S/C11H23N3/c1-5-7-11(4)8-13-10(12)14(11)9(3)6-2/h9H,5-8H2,1-4H3,(H2,12,13). The summed E-state index contributed by atoms with van der Waals surface area (Å²) < 4.78 is 0.